The van der Waals surface area contributed by atoms with Gasteiger partial charge in [-0.3, -0.25) is 4.99 Å². The number of halogens is 2. The Morgan fingerprint density at radius 1 is 1.30 bits per heavy atom. The van der Waals surface area contributed by atoms with E-state index in [2.05, 4.69) is 27.6 Å². The Balaban J connectivity index is 0.00000484. The van der Waals surface area contributed by atoms with Crippen LogP contribution in [-0.2, 0) is 11.3 Å². The van der Waals surface area contributed by atoms with E-state index in [-0.39, 0.29) is 29.8 Å². The second kappa shape index (κ2) is 13.5. The molecule has 2 N–H and O–H groups in total. The van der Waals surface area contributed by atoms with Crippen LogP contribution in [0.3, 0.4) is 0 Å². The first kappa shape index (κ1) is 22.1. The molecule has 5 nitrogen and oxygen atoms in total. The summed E-state index contributed by atoms with van der Waals surface area (Å²) in [7, 11) is 5.52. The number of aliphatic imine (C=N–C) groups is 1. The zero-order valence-corrected chi connectivity index (χ0v) is 16.5. The zero-order valence-electron chi connectivity index (χ0n) is 14.1. The second-order valence-electron chi connectivity index (χ2n) is 5.13. The molecule has 23 heavy (non-hydrogen) atoms. The van der Waals surface area contributed by atoms with Crippen molar-refractivity contribution in [2.45, 2.75) is 13.0 Å². The van der Waals surface area contributed by atoms with E-state index in [0.29, 0.717) is 6.54 Å². The number of rotatable bonds is 9. The Bertz CT molecular complexity index is 459. The van der Waals surface area contributed by atoms with E-state index in [4.69, 9.17) is 4.74 Å². The summed E-state index contributed by atoms with van der Waals surface area (Å²) in [6.07, 6.45) is 1.01. The summed E-state index contributed by atoms with van der Waals surface area (Å²) < 4.78 is 18.1. The second-order valence-corrected chi connectivity index (χ2v) is 5.13. The summed E-state index contributed by atoms with van der Waals surface area (Å²) in [6, 6.07) is 6.55. The van der Waals surface area contributed by atoms with E-state index in [1.54, 1.807) is 20.2 Å². The van der Waals surface area contributed by atoms with Crippen molar-refractivity contribution in [1.29, 1.82) is 0 Å². The molecule has 1 aromatic carbocycles. The van der Waals surface area contributed by atoms with Gasteiger partial charge in [0.25, 0.3) is 0 Å². The first-order chi connectivity index (χ1) is 10.7. The van der Waals surface area contributed by atoms with Gasteiger partial charge in [-0.05, 0) is 37.7 Å². The number of ether oxygens (including phenoxy) is 1. The van der Waals surface area contributed by atoms with E-state index in [9.17, 15) is 4.39 Å². The van der Waals surface area contributed by atoms with Crippen molar-refractivity contribution in [2.24, 2.45) is 4.99 Å². The molecule has 7 heteroatoms. The molecule has 1 rings (SSSR count). The number of guanidine groups is 1. The van der Waals surface area contributed by atoms with Crippen LogP contribution < -0.4 is 10.6 Å². The summed E-state index contributed by atoms with van der Waals surface area (Å²) in [5, 5.41) is 6.43. The van der Waals surface area contributed by atoms with Crippen LogP contribution in [0, 0.1) is 5.82 Å². The van der Waals surface area contributed by atoms with Gasteiger partial charge < -0.3 is 20.3 Å². The molecule has 0 amide bonds. The number of nitrogens with zero attached hydrogens (tertiary/aromatic N) is 2. The quantitative estimate of drug-likeness (QED) is 0.268. The molecule has 0 aliphatic rings. The molecule has 0 aliphatic carbocycles. The molecule has 0 saturated carbocycles. The number of hydrogen-bond acceptors (Lipinski definition) is 3. The Kier molecular flexibility index (Phi) is 13.0. The molecule has 0 atom stereocenters. The largest absolute Gasteiger partial charge is 0.383 e. The average Bonchev–Trinajstić information content (AvgIpc) is 2.52. The molecule has 0 radical (unpaired) electrons. The van der Waals surface area contributed by atoms with Crippen LogP contribution in [0.5, 0.6) is 0 Å². The maximum Gasteiger partial charge on any atom is 0.191 e. The van der Waals surface area contributed by atoms with Gasteiger partial charge in [-0.1, -0.05) is 12.1 Å². The molecule has 0 bridgehead atoms. The SMILES string of the molecule is CN=C(NCCCN(C)CCOC)NCc1cccc(F)c1.I. The lowest BCUT2D eigenvalue weighted by molar-refractivity contribution is 0.161. The lowest BCUT2D eigenvalue weighted by Crippen LogP contribution is -2.38. The topological polar surface area (TPSA) is 48.9 Å². The van der Waals surface area contributed by atoms with Crippen LogP contribution in [0.2, 0.25) is 0 Å². The van der Waals surface area contributed by atoms with Crippen molar-refractivity contribution in [2.75, 3.05) is 47.4 Å². The Hall–Kier alpha value is -0.930. The molecule has 0 saturated heterocycles. The Morgan fingerprint density at radius 2 is 2.09 bits per heavy atom. The van der Waals surface area contributed by atoms with Crippen LogP contribution in [0.15, 0.2) is 29.3 Å². The maximum atomic E-state index is 13.1. The minimum absolute atomic E-state index is 0. The van der Waals surface area contributed by atoms with Gasteiger partial charge in [-0.15, -0.1) is 24.0 Å². The normalized spacial score (nSPS) is 11.3. The van der Waals surface area contributed by atoms with E-state index in [0.717, 1.165) is 44.2 Å². The fraction of sp³-hybridized carbons (Fsp3) is 0.562. The van der Waals surface area contributed by atoms with Crippen molar-refractivity contribution >= 4 is 29.9 Å². The van der Waals surface area contributed by atoms with Crippen LogP contribution in [-0.4, -0.2) is 58.3 Å². The fourth-order valence-corrected chi connectivity index (χ4v) is 1.97. The minimum atomic E-state index is -0.221. The van der Waals surface area contributed by atoms with E-state index in [1.165, 1.54) is 12.1 Å². The standard InChI is InChI=1S/C16H27FN4O.HI/c1-18-16(19-8-5-9-21(2)10-11-22-3)20-13-14-6-4-7-15(17)12-14;/h4,6-7,12H,5,8-11,13H2,1-3H3,(H2,18,19,20);1H. The molecule has 0 aliphatic heterocycles. The molecule has 132 valence electrons. The molecule has 0 spiro atoms. The zero-order chi connectivity index (χ0) is 16.2. The number of benzene rings is 1. The third-order valence-corrected chi connectivity index (χ3v) is 3.26. The third kappa shape index (κ3) is 10.5. The van der Waals surface area contributed by atoms with Crippen molar-refractivity contribution in [3.05, 3.63) is 35.6 Å². The van der Waals surface area contributed by atoms with Gasteiger partial charge in [0, 0.05) is 33.8 Å². The molecule has 0 unspecified atom stereocenters. The molecule has 0 aromatic heterocycles. The molecule has 0 fully saturated rings. The van der Waals surface area contributed by atoms with Crippen molar-refractivity contribution < 1.29 is 9.13 Å². The van der Waals surface area contributed by atoms with Gasteiger partial charge in [0.05, 0.1) is 6.61 Å². The van der Waals surface area contributed by atoms with E-state index >= 15 is 0 Å². The summed E-state index contributed by atoms with van der Waals surface area (Å²) in [6.45, 7) is 4.06. The highest BCUT2D eigenvalue weighted by Crippen LogP contribution is 2.02. The third-order valence-electron chi connectivity index (χ3n) is 3.26. The lowest BCUT2D eigenvalue weighted by Gasteiger charge is -2.17. The average molecular weight is 438 g/mol. The summed E-state index contributed by atoms with van der Waals surface area (Å²) >= 11 is 0. The van der Waals surface area contributed by atoms with Crippen LogP contribution in [0.1, 0.15) is 12.0 Å². The van der Waals surface area contributed by atoms with Crippen LogP contribution >= 0.6 is 24.0 Å². The Labute approximate surface area is 155 Å². The van der Waals surface area contributed by atoms with Crippen LogP contribution in [0.4, 0.5) is 4.39 Å². The van der Waals surface area contributed by atoms with Gasteiger partial charge in [0.2, 0.25) is 0 Å². The summed E-state index contributed by atoms with van der Waals surface area (Å²) in [4.78, 5) is 6.39. The number of hydrogen-bond donors (Lipinski definition) is 2. The summed E-state index contributed by atoms with van der Waals surface area (Å²) in [5.41, 5.74) is 0.891. The first-order valence-corrected chi connectivity index (χ1v) is 7.52. The molecule has 0 heterocycles. The highest BCUT2D eigenvalue weighted by Gasteiger charge is 2.01. The van der Waals surface area contributed by atoms with Crippen LogP contribution in [0.25, 0.3) is 0 Å². The first-order valence-electron chi connectivity index (χ1n) is 7.52. The van der Waals surface area contributed by atoms with Crippen molar-refractivity contribution in [1.82, 2.24) is 15.5 Å². The smallest absolute Gasteiger partial charge is 0.191 e. The van der Waals surface area contributed by atoms with Crippen molar-refractivity contribution in [3.63, 3.8) is 0 Å². The predicted molar refractivity (Wildman–Crippen MR) is 104 cm³/mol. The monoisotopic (exact) mass is 438 g/mol. The summed E-state index contributed by atoms with van der Waals surface area (Å²) in [5.74, 6) is 0.505. The predicted octanol–water partition coefficient (Wildman–Crippen LogP) is 2.08. The van der Waals surface area contributed by atoms with Gasteiger partial charge in [0.15, 0.2) is 5.96 Å². The van der Waals surface area contributed by atoms with Gasteiger partial charge >= 0.3 is 0 Å². The maximum absolute atomic E-state index is 13.1. The molecule has 1 aromatic rings. The Morgan fingerprint density at radius 3 is 2.74 bits per heavy atom. The fourth-order valence-electron chi connectivity index (χ4n) is 1.97. The van der Waals surface area contributed by atoms with Crippen molar-refractivity contribution in [3.8, 4) is 0 Å². The highest BCUT2D eigenvalue weighted by atomic mass is 127. The number of nitrogens with one attached hydrogen (secondary N) is 2. The van der Waals surface area contributed by atoms with Gasteiger partial charge in [-0.25, -0.2) is 4.39 Å². The molecular weight excluding hydrogens is 410 g/mol. The van der Waals surface area contributed by atoms with Gasteiger partial charge in [-0.2, -0.15) is 0 Å². The van der Waals surface area contributed by atoms with E-state index < -0.39 is 0 Å². The highest BCUT2D eigenvalue weighted by molar-refractivity contribution is 14.0. The van der Waals surface area contributed by atoms with Gasteiger partial charge in [0.1, 0.15) is 5.82 Å². The lowest BCUT2D eigenvalue weighted by atomic mass is 10.2. The minimum Gasteiger partial charge on any atom is -0.383 e. The number of likely N-dealkylation sites (N-methyl/N-ethyl adjacent to an activating group) is 1. The van der Waals surface area contributed by atoms with E-state index in [1.807, 2.05) is 6.07 Å². The number of methoxy groups -OCH3 is 1. The molecular formula is C16H28FIN4O.